The van der Waals surface area contributed by atoms with E-state index >= 15 is 0 Å². The first-order valence-electron chi connectivity index (χ1n) is 4.07. The second-order valence-corrected chi connectivity index (χ2v) is 2.95. The van der Waals surface area contributed by atoms with Crippen LogP contribution in [0, 0.1) is 13.8 Å². The van der Waals surface area contributed by atoms with Crippen molar-refractivity contribution in [2.24, 2.45) is 11.6 Å². The Labute approximate surface area is 77.6 Å². The molecule has 1 rings (SSSR count). The smallest absolute Gasteiger partial charge is 0.289 e. The first-order chi connectivity index (χ1) is 6.15. The van der Waals surface area contributed by atoms with Gasteiger partial charge in [-0.2, -0.15) is 5.84 Å². The highest BCUT2D eigenvalue weighted by molar-refractivity contribution is 5.72. The normalized spacial score (nSPS) is 11.5. The molecule has 0 atom stereocenters. The Hall–Kier alpha value is -1.55. The predicted octanol–water partition coefficient (Wildman–Crippen LogP) is -1.21. The topological polar surface area (TPSA) is 78.0 Å². The minimum atomic E-state index is 0.345. The van der Waals surface area contributed by atoms with Crippen LogP contribution in [-0.2, 0) is 0 Å². The van der Waals surface area contributed by atoms with Gasteiger partial charge in [0.15, 0.2) is 0 Å². The molecule has 0 aliphatic carbocycles. The molecule has 0 aliphatic heterocycles. The molecule has 0 saturated carbocycles. The second kappa shape index (κ2) is 3.91. The Morgan fingerprint density at radius 3 is 2.31 bits per heavy atom. The number of hydrazine groups is 1. The average Bonchev–Trinajstić information content (AvgIpc) is 2.11. The molecule has 0 aliphatic rings. The molecule has 0 saturated heterocycles. The van der Waals surface area contributed by atoms with Crippen LogP contribution in [0.5, 0.6) is 0 Å². The van der Waals surface area contributed by atoms with Crippen molar-refractivity contribution in [3.8, 4) is 0 Å². The minimum Gasteiger partial charge on any atom is -0.289 e. The molecule has 1 aromatic rings. The van der Waals surface area contributed by atoms with Gasteiger partial charge in [-0.3, -0.25) is 5.73 Å². The number of guanidine groups is 1. The summed E-state index contributed by atoms with van der Waals surface area (Å²) in [6, 6.07) is 6.03. The van der Waals surface area contributed by atoms with Crippen LogP contribution >= 0.6 is 0 Å². The molecular formula is C9H15N4+. The molecule has 4 heteroatoms. The lowest BCUT2D eigenvalue weighted by molar-refractivity contribution is -0.359. The van der Waals surface area contributed by atoms with Crippen molar-refractivity contribution in [3.05, 3.63) is 29.3 Å². The van der Waals surface area contributed by atoms with E-state index in [-0.39, 0.29) is 0 Å². The largest absolute Gasteiger partial charge is 0.363 e. The fourth-order valence-corrected chi connectivity index (χ4v) is 1.18. The Balaban J connectivity index is 3.14. The molecule has 13 heavy (non-hydrogen) atoms. The molecule has 0 heterocycles. The van der Waals surface area contributed by atoms with E-state index in [9.17, 15) is 0 Å². The minimum absolute atomic E-state index is 0.345. The second-order valence-electron chi connectivity index (χ2n) is 2.95. The molecule has 0 unspecified atom stereocenters. The first kappa shape index (κ1) is 9.54. The SMILES string of the molecule is Cc1cccc(C)c1[NH+]=C(N)NN. The molecule has 0 aromatic heterocycles. The van der Waals surface area contributed by atoms with Gasteiger partial charge in [0, 0.05) is 0 Å². The maximum absolute atomic E-state index is 5.51. The summed E-state index contributed by atoms with van der Waals surface area (Å²) in [5.41, 5.74) is 11.1. The molecule has 0 fully saturated rings. The lowest BCUT2D eigenvalue weighted by Crippen LogP contribution is -2.75. The average molecular weight is 179 g/mol. The van der Waals surface area contributed by atoms with Crippen LogP contribution in [-0.4, -0.2) is 5.96 Å². The summed E-state index contributed by atoms with van der Waals surface area (Å²) in [4.78, 5) is 2.99. The van der Waals surface area contributed by atoms with E-state index in [2.05, 4.69) is 10.4 Å². The van der Waals surface area contributed by atoms with Gasteiger partial charge in [0.2, 0.25) is 0 Å². The summed E-state index contributed by atoms with van der Waals surface area (Å²) in [7, 11) is 0. The number of nitrogens with two attached hydrogens (primary N) is 2. The summed E-state index contributed by atoms with van der Waals surface area (Å²) in [5, 5.41) is 0. The number of hydrogen-bond acceptors (Lipinski definition) is 1. The molecular weight excluding hydrogens is 164 g/mol. The summed E-state index contributed by atoms with van der Waals surface area (Å²) in [6.07, 6.45) is 0. The number of aryl methyl sites for hydroxylation is 2. The number of rotatable bonds is 1. The third-order valence-electron chi connectivity index (χ3n) is 1.90. The standard InChI is InChI=1S/C9H14N4/c1-6-4-3-5-7(2)8(6)12-9(10)13-11/h3-5H,11H2,1-2H3,(H3,10,12,13)/p+1. The van der Waals surface area contributed by atoms with Crippen LogP contribution in [0.4, 0.5) is 5.69 Å². The molecule has 4 nitrogen and oxygen atoms in total. The Morgan fingerprint density at radius 2 is 1.85 bits per heavy atom. The van der Waals surface area contributed by atoms with Crippen molar-refractivity contribution in [2.45, 2.75) is 13.8 Å². The fraction of sp³-hybridized carbons (Fsp3) is 0.222. The van der Waals surface area contributed by atoms with Crippen LogP contribution in [0.25, 0.3) is 0 Å². The van der Waals surface area contributed by atoms with Gasteiger partial charge < -0.3 is 0 Å². The monoisotopic (exact) mass is 179 g/mol. The quantitative estimate of drug-likeness (QED) is 0.189. The molecule has 0 amide bonds. The van der Waals surface area contributed by atoms with Gasteiger partial charge >= 0.3 is 5.96 Å². The van der Waals surface area contributed by atoms with Gasteiger partial charge in [0.1, 0.15) is 5.69 Å². The predicted molar refractivity (Wildman–Crippen MR) is 53.1 cm³/mol. The zero-order valence-electron chi connectivity index (χ0n) is 7.89. The van der Waals surface area contributed by atoms with Crippen molar-refractivity contribution in [2.75, 3.05) is 0 Å². The van der Waals surface area contributed by atoms with Gasteiger partial charge in [-0.1, -0.05) is 18.2 Å². The maximum Gasteiger partial charge on any atom is 0.363 e. The molecule has 70 valence electrons. The highest BCUT2D eigenvalue weighted by Crippen LogP contribution is 2.12. The van der Waals surface area contributed by atoms with Crippen molar-refractivity contribution < 1.29 is 4.99 Å². The number of hydrogen-bond donors (Lipinski definition) is 4. The summed E-state index contributed by atoms with van der Waals surface area (Å²) < 4.78 is 0. The Kier molecular flexibility index (Phi) is 2.87. The zero-order valence-corrected chi connectivity index (χ0v) is 7.89. The van der Waals surface area contributed by atoms with Gasteiger partial charge in [-0.05, 0) is 25.0 Å². The van der Waals surface area contributed by atoms with Crippen molar-refractivity contribution in [3.63, 3.8) is 0 Å². The fourth-order valence-electron chi connectivity index (χ4n) is 1.18. The van der Waals surface area contributed by atoms with E-state index in [0.29, 0.717) is 5.96 Å². The molecule has 0 spiro atoms. The van der Waals surface area contributed by atoms with Crippen LogP contribution in [0.15, 0.2) is 18.2 Å². The van der Waals surface area contributed by atoms with Crippen LogP contribution in [0.3, 0.4) is 0 Å². The summed E-state index contributed by atoms with van der Waals surface area (Å²) >= 11 is 0. The maximum atomic E-state index is 5.51. The van der Waals surface area contributed by atoms with Gasteiger partial charge in [-0.25, -0.2) is 10.4 Å². The highest BCUT2D eigenvalue weighted by Gasteiger charge is 2.02. The number of para-hydroxylation sites is 1. The third-order valence-corrected chi connectivity index (χ3v) is 1.90. The number of nitrogens with one attached hydrogen (secondary N) is 2. The van der Waals surface area contributed by atoms with Crippen LogP contribution in [0.1, 0.15) is 11.1 Å². The zero-order chi connectivity index (χ0) is 9.84. The van der Waals surface area contributed by atoms with E-state index in [1.807, 2.05) is 32.0 Å². The Bertz CT molecular complexity index is 310. The van der Waals surface area contributed by atoms with Crippen molar-refractivity contribution in [1.29, 1.82) is 0 Å². The van der Waals surface area contributed by atoms with E-state index in [1.54, 1.807) is 0 Å². The van der Waals surface area contributed by atoms with E-state index in [4.69, 9.17) is 11.6 Å². The van der Waals surface area contributed by atoms with Gasteiger partial charge in [0.25, 0.3) is 0 Å². The summed E-state index contributed by atoms with van der Waals surface area (Å²) in [6.45, 7) is 4.03. The van der Waals surface area contributed by atoms with E-state index in [0.717, 1.165) is 16.8 Å². The Morgan fingerprint density at radius 1 is 1.31 bits per heavy atom. The highest BCUT2D eigenvalue weighted by atomic mass is 15.3. The van der Waals surface area contributed by atoms with E-state index in [1.165, 1.54) is 0 Å². The lowest BCUT2D eigenvalue weighted by atomic mass is 10.1. The molecule has 0 radical (unpaired) electrons. The van der Waals surface area contributed by atoms with Crippen LogP contribution in [0.2, 0.25) is 0 Å². The molecule has 0 bridgehead atoms. The van der Waals surface area contributed by atoms with Gasteiger partial charge in [0.05, 0.1) is 0 Å². The first-order valence-corrected chi connectivity index (χ1v) is 4.07. The molecule has 1 aromatic carbocycles. The third kappa shape index (κ3) is 2.19. The number of benzene rings is 1. The molecule has 6 N–H and O–H groups in total. The van der Waals surface area contributed by atoms with Crippen molar-refractivity contribution in [1.82, 2.24) is 5.43 Å². The van der Waals surface area contributed by atoms with Gasteiger partial charge in [-0.15, -0.1) is 0 Å². The van der Waals surface area contributed by atoms with Crippen LogP contribution < -0.4 is 22.0 Å². The van der Waals surface area contributed by atoms with E-state index < -0.39 is 0 Å². The lowest BCUT2D eigenvalue weighted by Gasteiger charge is -2.02. The summed E-state index contributed by atoms with van der Waals surface area (Å²) in [5.74, 6) is 5.49. The van der Waals surface area contributed by atoms with Crippen molar-refractivity contribution >= 4 is 11.6 Å².